The first-order valence-electron chi connectivity index (χ1n) is 5.49. The Morgan fingerprint density at radius 2 is 2.18 bits per heavy atom. The van der Waals surface area contributed by atoms with E-state index in [2.05, 4.69) is 0 Å². The molecule has 0 aliphatic rings. The molecule has 0 amide bonds. The number of carbonyl (C=O) groups is 1. The van der Waals surface area contributed by atoms with Gasteiger partial charge in [0.1, 0.15) is 5.82 Å². The highest BCUT2D eigenvalue weighted by Crippen LogP contribution is 2.18. The number of hydrogen-bond acceptors (Lipinski definition) is 3. The van der Waals surface area contributed by atoms with Crippen LogP contribution in [-0.4, -0.2) is 12.6 Å². The number of benzene rings is 1. The van der Waals surface area contributed by atoms with Gasteiger partial charge in [-0.05, 0) is 36.6 Å². The normalized spacial score (nSPS) is 9.76. The van der Waals surface area contributed by atoms with Crippen LogP contribution in [0.4, 0.5) is 4.39 Å². The van der Waals surface area contributed by atoms with Gasteiger partial charge in [0.05, 0.1) is 24.7 Å². The van der Waals surface area contributed by atoms with E-state index in [4.69, 9.17) is 10.00 Å². The van der Waals surface area contributed by atoms with Crippen molar-refractivity contribution in [3.63, 3.8) is 0 Å². The SMILES string of the molecule is CCOC(=O)Cc1cc(F)cc(C#N)c1CC. The Hall–Kier alpha value is -1.89. The Kier molecular flexibility index (Phi) is 4.65. The summed E-state index contributed by atoms with van der Waals surface area (Å²) in [6.45, 7) is 3.87. The summed E-state index contributed by atoms with van der Waals surface area (Å²) in [5, 5.41) is 8.90. The molecule has 0 radical (unpaired) electrons. The molecule has 3 nitrogen and oxygen atoms in total. The first kappa shape index (κ1) is 13.2. The number of esters is 1. The van der Waals surface area contributed by atoms with Crippen LogP contribution in [-0.2, 0) is 22.4 Å². The Labute approximate surface area is 99.8 Å². The molecule has 0 unspecified atom stereocenters. The third-order valence-corrected chi connectivity index (χ3v) is 2.42. The quantitative estimate of drug-likeness (QED) is 0.753. The van der Waals surface area contributed by atoms with Gasteiger partial charge in [0, 0.05) is 0 Å². The molecule has 0 bridgehead atoms. The lowest BCUT2D eigenvalue weighted by atomic mass is 9.97. The van der Waals surface area contributed by atoms with Crippen molar-refractivity contribution in [1.82, 2.24) is 0 Å². The lowest BCUT2D eigenvalue weighted by molar-refractivity contribution is -0.142. The van der Waals surface area contributed by atoms with Gasteiger partial charge in [-0.1, -0.05) is 6.92 Å². The Balaban J connectivity index is 3.10. The highest BCUT2D eigenvalue weighted by atomic mass is 19.1. The van der Waals surface area contributed by atoms with Crippen LogP contribution in [0.15, 0.2) is 12.1 Å². The summed E-state index contributed by atoms with van der Waals surface area (Å²) in [5.74, 6) is -0.908. The molecule has 0 N–H and O–H groups in total. The molecule has 0 saturated carbocycles. The van der Waals surface area contributed by atoms with Crippen molar-refractivity contribution in [2.75, 3.05) is 6.61 Å². The van der Waals surface area contributed by atoms with Gasteiger partial charge in [-0.2, -0.15) is 5.26 Å². The zero-order chi connectivity index (χ0) is 12.8. The van der Waals surface area contributed by atoms with Gasteiger partial charge in [-0.15, -0.1) is 0 Å². The Bertz CT molecular complexity index is 463. The minimum atomic E-state index is -0.502. The molecule has 17 heavy (non-hydrogen) atoms. The molecular formula is C13H14FNO2. The zero-order valence-corrected chi connectivity index (χ0v) is 9.92. The van der Waals surface area contributed by atoms with Crippen molar-refractivity contribution < 1.29 is 13.9 Å². The molecule has 0 aliphatic carbocycles. The molecule has 1 aromatic rings. The number of nitriles is 1. The van der Waals surface area contributed by atoms with Crippen molar-refractivity contribution in [3.8, 4) is 6.07 Å². The van der Waals surface area contributed by atoms with E-state index in [-0.39, 0.29) is 12.0 Å². The molecule has 0 fully saturated rings. The van der Waals surface area contributed by atoms with Gasteiger partial charge in [-0.3, -0.25) is 4.79 Å². The van der Waals surface area contributed by atoms with Gasteiger partial charge >= 0.3 is 5.97 Å². The summed E-state index contributed by atoms with van der Waals surface area (Å²) in [7, 11) is 0. The molecule has 1 rings (SSSR count). The van der Waals surface area contributed by atoms with Crippen LogP contribution in [0.1, 0.15) is 30.5 Å². The third kappa shape index (κ3) is 3.28. The fourth-order valence-corrected chi connectivity index (χ4v) is 1.74. The van der Waals surface area contributed by atoms with Crippen molar-refractivity contribution in [1.29, 1.82) is 5.26 Å². The first-order valence-corrected chi connectivity index (χ1v) is 5.49. The molecule has 90 valence electrons. The predicted molar refractivity (Wildman–Crippen MR) is 60.8 cm³/mol. The molecular weight excluding hydrogens is 221 g/mol. The lowest BCUT2D eigenvalue weighted by Gasteiger charge is -2.09. The molecule has 0 aliphatic heterocycles. The fraction of sp³-hybridized carbons (Fsp3) is 0.385. The number of rotatable bonds is 4. The molecule has 0 saturated heterocycles. The van der Waals surface area contributed by atoms with Crippen molar-refractivity contribution >= 4 is 5.97 Å². The first-order chi connectivity index (χ1) is 8.12. The zero-order valence-electron chi connectivity index (χ0n) is 9.92. The molecule has 0 heterocycles. The van der Waals surface area contributed by atoms with Crippen molar-refractivity contribution in [3.05, 3.63) is 34.6 Å². The minimum absolute atomic E-state index is 0.00343. The summed E-state index contributed by atoms with van der Waals surface area (Å²) in [5.41, 5.74) is 1.52. The van der Waals surface area contributed by atoms with Crippen LogP contribution < -0.4 is 0 Å². The lowest BCUT2D eigenvalue weighted by Crippen LogP contribution is -2.10. The summed E-state index contributed by atoms with van der Waals surface area (Å²) < 4.78 is 18.1. The van der Waals surface area contributed by atoms with Crippen LogP contribution in [0, 0.1) is 17.1 Å². The van der Waals surface area contributed by atoms with E-state index in [0.717, 1.165) is 0 Å². The van der Waals surface area contributed by atoms with E-state index in [1.165, 1.54) is 12.1 Å². The average Bonchev–Trinajstić information content (AvgIpc) is 2.28. The standard InChI is InChI=1S/C13H14FNO2/c1-3-12-9(7-13(16)17-4-2)5-11(14)6-10(12)8-15/h5-6H,3-4,7H2,1-2H3. The summed E-state index contributed by atoms with van der Waals surface area (Å²) in [4.78, 5) is 11.4. The average molecular weight is 235 g/mol. The van der Waals surface area contributed by atoms with Crippen molar-refractivity contribution in [2.24, 2.45) is 0 Å². The van der Waals surface area contributed by atoms with Gasteiger partial charge in [0.2, 0.25) is 0 Å². The Morgan fingerprint density at radius 1 is 1.47 bits per heavy atom. The number of ether oxygens (including phenoxy) is 1. The maximum absolute atomic E-state index is 13.3. The molecule has 4 heteroatoms. The summed E-state index contributed by atoms with van der Waals surface area (Å²) >= 11 is 0. The van der Waals surface area contributed by atoms with Gasteiger partial charge in [0.25, 0.3) is 0 Å². The molecule has 0 atom stereocenters. The fourth-order valence-electron chi connectivity index (χ4n) is 1.74. The van der Waals surface area contributed by atoms with Crippen LogP contribution in [0.5, 0.6) is 0 Å². The van der Waals surface area contributed by atoms with Crippen molar-refractivity contribution in [2.45, 2.75) is 26.7 Å². The number of hydrogen-bond donors (Lipinski definition) is 0. The molecule has 0 aromatic heterocycles. The number of halogens is 1. The number of nitrogens with zero attached hydrogens (tertiary/aromatic N) is 1. The largest absolute Gasteiger partial charge is 0.466 e. The van der Waals surface area contributed by atoms with E-state index < -0.39 is 11.8 Å². The van der Waals surface area contributed by atoms with Crippen LogP contribution in [0.2, 0.25) is 0 Å². The second-order valence-corrected chi connectivity index (χ2v) is 3.54. The summed E-state index contributed by atoms with van der Waals surface area (Å²) in [6.07, 6.45) is 0.585. The highest BCUT2D eigenvalue weighted by molar-refractivity contribution is 5.73. The van der Waals surface area contributed by atoms with Crippen LogP contribution in [0.3, 0.4) is 0 Å². The van der Waals surface area contributed by atoms with Crippen LogP contribution in [0.25, 0.3) is 0 Å². The maximum Gasteiger partial charge on any atom is 0.310 e. The Morgan fingerprint density at radius 3 is 2.71 bits per heavy atom. The minimum Gasteiger partial charge on any atom is -0.466 e. The van der Waals surface area contributed by atoms with Gasteiger partial charge in [-0.25, -0.2) is 4.39 Å². The van der Waals surface area contributed by atoms with Gasteiger partial charge in [0.15, 0.2) is 0 Å². The number of carbonyl (C=O) groups excluding carboxylic acids is 1. The highest BCUT2D eigenvalue weighted by Gasteiger charge is 2.13. The second kappa shape index (κ2) is 6.00. The molecule has 0 spiro atoms. The topological polar surface area (TPSA) is 50.1 Å². The third-order valence-electron chi connectivity index (χ3n) is 2.42. The second-order valence-electron chi connectivity index (χ2n) is 3.54. The molecule has 1 aromatic carbocycles. The van der Waals surface area contributed by atoms with E-state index in [1.54, 1.807) is 6.92 Å². The van der Waals surface area contributed by atoms with Crippen LogP contribution >= 0.6 is 0 Å². The van der Waals surface area contributed by atoms with E-state index in [9.17, 15) is 9.18 Å². The van der Waals surface area contributed by atoms with E-state index in [1.807, 2.05) is 13.0 Å². The van der Waals surface area contributed by atoms with E-state index in [0.29, 0.717) is 24.2 Å². The monoisotopic (exact) mass is 235 g/mol. The predicted octanol–water partition coefficient (Wildman–Crippen LogP) is 2.37. The summed E-state index contributed by atoms with van der Waals surface area (Å²) in [6, 6.07) is 4.42. The van der Waals surface area contributed by atoms with E-state index >= 15 is 0 Å². The maximum atomic E-state index is 13.3. The van der Waals surface area contributed by atoms with Gasteiger partial charge < -0.3 is 4.74 Å². The smallest absolute Gasteiger partial charge is 0.310 e.